The Morgan fingerprint density at radius 1 is 0.441 bits per heavy atom. The molecule has 2 nitrogen and oxygen atoms in total. The molecular formula is C32H34N2. The second-order valence-corrected chi connectivity index (χ2v) is 9.78. The number of hydrogen-bond acceptors (Lipinski definition) is 2. The zero-order valence-electron chi connectivity index (χ0n) is 20.3. The van der Waals surface area contributed by atoms with Crippen molar-refractivity contribution in [3.05, 3.63) is 119 Å². The van der Waals surface area contributed by atoms with Gasteiger partial charge in [0.05, 0.1) is 0 Å². The lowest BCUT2D eigenvalue weighted by Crippen LogP contribution is -2.30. The highest BCUT2D eigenvalue weighted by Gasteiger charge is 2.35. The monoisotopic (exact) mass is 446 g/mol. The van der Waals surface area contributed by atoms with Crippen molar-refractivity contribution >= 4 is 22.7 Å². The highest BCUT2D eigenvalue weighted by molar-refractivity contribution is 5.62. The molecular weight excluding hydrogens is 412 g/mol. The molecule has 0 bridgehead atoms. The highest BCUT2D eigenvalue weighted by atomic mass is 14.9. The third-order valence-electron chi connectivity index (χ3n) is 7.26. The molecule has 1 saturated carbocycles. The second kappa shape index (κ2) is 9.77. The molecule has 172 valence electrons. The summed E-state index contributed by atoms with van der Waals surface area (Å²) in [6.07, 6.45) is 6.33. The number of rotatable bonds is 6. The Balaban J connectivity index is 1.38. The molecule has 34 heavy (non-hydrogen) atoms. The van der Waals surface area contributed by atoms with E-state index in [1.807, 2.05) is 0 Å². The Bertz CT molecular complexity index is 1110. The van der Waals surface area contributed by atoms with E-state index in [4.69, 9.17) is 0 Å². The van der Waals surface area contributed by atoms with E-state index in [2.05, 4.69) is 122 Å². The molecule has 1 aliphatic rings. The summed E-state index contributed by atoms with van der Waals surface area (Å²) >= 11 is 0. The van der Waals surface area contributed by atoms with Crippen LogP contribution in [0.4, 0.5) is 22.7 Å². The minimum atomic E-state index is 0.100. The third kappa shape index (κ3) is 4.87. The minimum Gasteiger partial charge on any atom is -0.356 e. The van der Waals surface area contributed by atoms with E-state index < -0.39 is 0 Å². The van der Waals surface area contributed by atoms with Gasteiger partial charge in [0.1, 0.15) is 0 Å². The summed E-state index contributed by atoms with van der Waals surface area (Å²) < 4.78 is 0. The number of nitrogens with one attached hydrogen (secondary N) is 2. The molecule has 1 fully saturated rings. The van der Waals surface area contributed by atoms with E-state index in [0.29, 0.717) is 0 Å². The van der Waals surface area contributed by atoms with Gasteiger partial charge in [0.2, 0.25) is 0 Å². The lowest BCUT2D eigenvalue weighted by Gasteiger charge is -2.39. The lowest BCUT2D eigenvalue weighted by atomic mass is 9.65. The average molecular weight is 447 g/mol. The molecule has 0 radical (unpaired) electrons. The predicted octanol–water partition coefficient (Wildman–Crippen LogP) is 9.04. The van der Waals surface area contributed by atoms with Gasteiger partial charge in [-0.25, -0.2) is 0 Å². The van der Waals surface area contributed by atoms with E-state index in [-0.39, 0.29) is 5.41 Å². The maximum Gasteiger partial charge on any atom is 0.0384 e. The van der Waals surface area contributed by atoms with E-state index >= 15 is 0 Å². The van der Waals surface area contributed by atoms with Crippen molar-refractivity contribution < 1.29 is 0 Å². The van der Waals surface area contributed by atoms with Gasteiger partial charge in [-0.05, 0) is 86.3 Å². The van der Waals surface area contributed by atoms with Crippen molar-refractivity contribution in [2.75, 3.05) is 10.6 Å². The van der Waals surface area contributed by atoms with Crippen molar-refractivity contribution in [3.63, 3.8) is 0 Å². The van der Waals surface area contributed by atoms with E-state index in [1.54, 1.807) is 0 Å². The van der Waals surface area contributed by atoms with Crippen LogP contribution in [0.3, 0.4) is 0 Å². The second-order valence-electron chi connectivity index (χ2n) is 9.78. The molecule has 0 heterocycles. The van der Waals surface area contributed by atoms with Gasteiger partial charge in [-0.1, -0.05) is 78.9 Å². The molecule has 0 saturated heterocycles. The fourth-order valence-corrected chi connectivity index (χ4v) is 5.25. The summed E-state index contributed by atoms with van der Waals surface area (Å²) in [6.45, 7) is 4.24. The van der Waals surface area contributed by atoms with Gasteiger partial charge in [-0.2, -0.15) is 0 Å². The molecule has 2 N–H and O–H groups in total. The normalized spacial score (nSPS) is 15.0. The Morgan fingerprint density at radius 2 is 0.765 bits per heavy atom. The van der Waals surface area contributed by atoms with Crippen LogP contribution in [-0.2, 0) is 5.41 Å². The topological polar surface area (TPSA) is 24.1 Å². The van der Waals surface area contributed by atoms with Crippen molar-refractivity contribution in [3.8, 4) is 0 Å². The van der Waals surface area contributed by atoms with E-state index in [9.17, 15) is 0 Å². The van der Waals surface area contributed by atoms with Gasteiger partial charge in [0, 0.05) is 28.2 Å². The van der Waals surface area contributed by atoms with Crippen LogP contribution in [0.5, 0.6) is 0 Å². The Kier molecular flexibility index (Phi) is 6.40. The van der Waals surface area contributed by atoms with Crippen LogP contribution in [0.1, 0.15) is 54.4 Å². The number of aryl methyl sites for hydroxylation is 2. The summed E-state index contributed by atoms with van der Waals surface area (Å²) in [5.41, 5.74) is 10.0. The maximum atomic E-state index is 3.54. The first-order valence-electron chi connectivity index (χ1n) is 12.5. The van der Waals surface area contributed by atoms with Gasteiger partial charge >= 0.3 is 0 Å². The van der Waals surface area contributed by atoms with Crippen LogP contribution < -0.4 is 10.6 Å². The van der Waals surface area contributed by atoms with Gasteiger partial charge in [-0.15, -0.1) is 0 Å². The molecule has 0 spiro atoms. The zero-order chi connectivity index (χ0) is 23.4. The van der Waals surface area contributed by atoms with Gasteiger partial charge in [-0.3, -0.25) is 0 Å². The Hall–Kier alpha value is -3.52. The fraction of sp³-hybridized carbons (Fsp3) is 0.250. The van der Waals surface area contributed by atoms with Crippen LogP contribution >= 0.6 is 0 Å². The SMILES string of the molecule is Cc1ccc(Nc2ccc(C3(c4ccc(Nc5ccc(C)cc5)cc4)CCCCC3)cc2)cc1. The molecule has 0 amide bonds. The molecule has 5 rings (SSSR count). The van der Waals surface area contributed by atoms with Crippen molar-refractivity contribution in [2.24, 2.45) is 0 Å². The molecule has 1 aliphatic carbocycles. The predicted molar refractivity (Wildman–Crippen MR) is 146 cm³/mol. The lowest BCUT2D eigenvalue weighted by molar-refractivity contribution is 0.346. The standard InChI is InChI=1S/C32H34N2/c1-24-6-14-28(15-7-24)33-30-18-10-26(11-19-30)32(22-4-3-5-23-32)27-12-20-31(21-13-27)34-29-16-8-25(2)9-17-29/h6-21,33-34H,3-5,22-23H2,1-2H3. The van der Waals surface area contributed by atoms with Crippen molar-refractivity contribution in [1.29, 1.82) is 0 Å². The molecule has 0 unspecified atom stereocenters. The summed E-state index contributed by atoms with van der Waals surface area (Å²) in [5.74, 6) is 0. The van der Waals surface area contributed by atoms with Crippen LogP contribution in [0, 0.1) is 13.8 Å². The summed E-state index contributed by atoms with van der Waals surface area (Å²) in [7, 11) is 0. The van der Waals surface area contributed by atoms with Crippen molar-refractivity contribution in [2.45, 2.75) is 51.4 Å². The minimum absolute atomic E-state index is 0.100. The smallest absolute Gasteiger partial charge is 0.0384 e. The first-order chi connectivity index (χ1) is 16.6. The Morgan fingerprint density at radius 3 is 1.12 bits per heavy atom. The zero-order valence-corrected chi connectivity index (χ0v) is 20.3. The molecule has 0 aliphatic heterocycles. The fourth-order valence-electron chi connectivity index (χ4n) is 5.25. The van der Waals surface area contributed by atoms with Crippen LogP contribution in [0.2, 0.25) is 0 Å². The van der Waals surface area contributed by atoms with Gasteiger partial charge in [0.15, 0.2) is 0 Å². The van der Waals surface area contributed by atoms with Gasteiger partial charge < -0.3 is 10.6 Å². The number of hydrogen-bond donors (Lipinski definition) is 2. The van der Waals surface area contributed by atoms with Crippen LogP contribution in [-0.4, -0.2) is 0 Å². The summed E-state index contributed by atoms with van der Waals surface area (Å²) in [6, 6.07) is 35.4. The molecule has 2 heteroatoms. The number of benzene rings is 4. The largest absolute Gasteiger partial charge is 0.356 e. The van der Waals surface area contributed by atoms with Crippen LogP contribution in [0.25, 0.3) is 0 Å². The highest BCUT2D eigenvalue weighted by Crippen LogP contribution is 2.45. The third-order valence-corrected chi connectivity index (χ3v) is 7.26. The molecule has 4 aromatic carbocycles. The van der Waals surface area contributed by atoms with Crippen molar-refractivity contribution in [1.82, 2.24) is 0 Å². The molecule has 0 atom stereocenters. The number of anilines is 4. The molecule has 0 aromatic heterocycles. The van der Waals surface area contributed by atoms with Crippen LogP contribution in [0.15, 0.2) is 97.1 Å². The summed E-state index contributed by atoms with van der Waals surface area (Å²) in [4.78, 5) is 0. The van der Waals surface area contributed by atoms with E-state index in [1.165, 1.54) is 54.4 Å². The van der Waals surface area contributed by atoms with E-state index in [0.717, 1.165) is 22.7 Å². The maximum absolute atomic E-state index is 3.54. The molecule has 4 aromatic rings. The quantitative estimate of drug-likeness (QED) is 0.309. The average Bonchev–Trinajstić information content (AvgIpc) is 2.88. The summed E-state index contributed by atoms with van der Waals surface area (Å²) in [5, 5.41) is 7.08. The first-order valence-corrected chi connectivity index (χ1v) is 12.5. The Labute approximate surface area is 204 Å². The first kappa shape index (κ1) is 22.3. The van der Waals surface area contributed by atoms with Gasteiger partial charge in [0.25, 0.3) is 0 Å².